The molecule has 2 amide bonds. The molecule has 0 radical (unpaired) electrons. The van der Waals surface area contributed by atoms with Crippen molar-refractivity contribution in [1.82, 2.24) is 9.78 Å². The van der Waals surface area contributed by atoms with Crippen LogP contribution in [0.3, 0.4) is 0 Å². The van der Waals surface area contributed by atoms with Crippen LogP contribution in [0.4, 0.5) is 11.4 Å². The van der Waals surface area contributed by atoms with Crippen LogP contribution in [-0.4, -0.2) is 35.3 Å². The van der Waals surface area contributed by atoms with Crippen LogP contribution in [0.2, 0.25) is 0 Å². The molecular formula is C20H20N4O3. The first kappa shape index (κ1) is 18.3. The second-order valence-corrected chi connectivity index (χ2v) is 5.94. The maximum absolute atomic E-state index is 12.4. The van der Waals surface area contributed by atoms with Crippen molar-refractivity contribution in [3.63, 3.8) is 0 Å². The fraction of sp³-hybridized carbons (Fsp3) is 0.150. The molecule has 27 heavy (non-hydrogen) atoms. The standard InChI is InChI=1S/C20H20N4O3/c1-14-11-12-21-24(14)18-9-3-15(4-10-18)20(26)23-17-7-5-16(6-8-17)22-19(25)13-27-2/h3-12H,13H2,1-2H3,(H,22,25)(H,23,26). The molecule has 0 saturated heterocycles. The SMILES string of the molecule is COCC(=O)Nc1ccc(NC(=O)c2ccc(-n3nccc3C)cc2)cc1. The van der Waals surface area contributed by atoms with E-state index in [9.17, 15) is 9.59 Å². The number of aryl methyl sites for hydroxylation is 1. The Bertz CT molecular complexity index is 931. The number of rotatable bonds is 6. The molecule has 7 nitrogen and oxygen atoms in total. The van der Waals surface area contributed by atoms with Gasteiger partial charge < -0.3 is 15.4 Å². The molecule has 0 bridgehead atoms. The second kappa shape index (κ2) is 8.29. The number of amides is 2. The summed E-state index contributed by atoms with van der Waals surface area (Å²) >= 11 is 0. The number of nitrogens with zero attached hydrogens (tertiary/aromatic N) is 2. The molecule has 0 atom stereocenters. The summed E-state index contributed by atoms with van der Waals surface area (Å²) in [5.74, 6) is -0.448. The van der Waals surface area contributed by atoms with Gasteiger partial charge in [0.25, 0.3) is 5.91 Å². The van der Waals surface area contributed by atoms with Crippen molar-refractivity contribution >= 4 is 23.2 Å². The summed E-state index contributed by atoms with van der Waals surface area (Å²) in [5.41, 5.74) is 3.72. The molecule has 7 heteroatoms. The molecule has 1 heterocycles. The molecule has 0 aliphatic rings. The van der Waals surface area contributed by atoms with E-state index in [0.29, 0.717) is 16.9 Å². The van der Waals surface area contributed by atoms with E-state index >= 15 is 0 Å². The molecule has 2 aromatic carbocycles. The topological polar surface area (TPSA) is 85.3 Å². The van der Waals surface area contributed by atoms with Crippen LogP contribution >= 0.6 is 0 Å². The van der Waals surface area contributed by atoms with E-state index < -0.39 is 0 Å². The van der Waals surface area contributed by atoms with Crippen molar-refractivity contribution in [2.75, 3.05) is 24.4 Å². The average Bonchev–Trinajstić information content (AvgIpc) is 3.09. The summed E-state index contributed by atoms with van der Waals surface area (Å²) in [6.07, 6.45) is 1.73. The number of carbonyl (C=O) groups is 2. The van der Waals surface area contributed by atoms with Crippen LogP contribution in [0.1, 0.15) is 16.1 Å². The summed E-state index contributed by atoms with van der Waals surface area (Å²) in [5, 5.41) is 9.77. The van der Waals surface area contributed by atoms with Gasteiger partial charge in [-0.25, -0.2) is 4.68 Å². The highest BCUT2D eigenvalue weighted by Gasteiger charge is 2.08. The predicted molar refractivity (Wildman–Crippen MR) is 103 cm³/mol. The van der Waals surface area contributed by atoms with Gasteiger partial charge in [-0.3, -0.25) is 9.59 Å². The lowest BCUT2D eigenvalue weighted by atomic mass is 10.2. The van der Waals surface area contributed by atoms with Gasteiger partial charge in [0.15, 0.2) is 0 Å². The van der Waals surface area contributed by atoms with Gasteiger partial charge in [-0.15, -0.1) is 0 Å². The Morgan fingerprint density at radius 1 is 0.963 bits per heavy atom. The predicted octanol–water partition coefficient (Wildman–Crippen LogP) is 3.02. The molecule has 3 rings (SSSR count). The summed E-state index contributed by atoms with van der Waals surface area (Å²) in [7, 11) is 1.46. The van der Waals surface area contributed by atoms with Crippen molar-refractivity contribution in [3.8, 4) is 5.69 Å². The quantitative estimate of drug-likeness (QED) is 0.704. The van der Waals surface area contributed by atoms with Gasteiger partial charge in [-0.2, -0.15) is 5.10 Å². The van der Waals surface area contributed by atoms with Gasteiger partial charge in [-0.05, 0) is 61.5 Å². The fourth-order valence-electron chi connectivity index (χ4n) is 2.56. The maximum atomic E-state index is 12.4. The molecule has 0 aliphatic carbocycles. The maximum Gasteiger partial charge on any atom is 0.255 e. The number of methoxy groups -OCH3 is 1. The smallest absolute Gasteiger partial charge is 0.255 e. The number of nitrogens with one attached hydrogen (secondary N) is 2. The Kier molecular flexibility index (Phi) is 5.63. The van der Waals surface area contributed by atoms with Gasteiger partial charge in [0.2, 0.25) is 5.91 Å². The highest BCUT2D eigenvalue weighted by atomic mass is 16.5. The monoisotopic (exact) mass is 364 g/mol. The summed E-state index contributed by atoms with van der Waals surface area (Å²) in [6.45, 7) is 1.96. The molecule has 1 aromatic heterocycles. The minimum Gasteiger partial charge on any atom is -0.375 e. The first-order valence-corrected chi connectivity index (χ1v) is 8.38. The molecule has 0 unspecified atom stereocenters. The second-order valence-electron chi connectivity index (χ2n) is 5.94. The van der Waals surface area contributed by atoms with Crippen LogP contribution in [0.25, 0.3) is 5.69 Å². The Labute approximate surface area is 157 Å². The summed E-state index contributed by atoms with van der Waals surface area (Å²) < 4.78 is 6.57. The van der Waals surface area contributed by atoms with Crippen molar-refractivity contribution in [2.24, 2.45) is 0 Å². The Balaban J connectivity index is 1.63. The van der Waals surface area contributed by atoms with E-state index in [1.807, 2.05) is 25.1 Å². The molecule has 0 aliphatic heterocycles. The van der Waals surface area contributed by atoms with Crippen molar-refractivity contribution in [1.29, 1.82) is 0 Å². The van der Waals surface area contributed by atoms with Crippen molar-refractivity contribution in [2.45, 2.75) is 6.92 Å². The van der Waals surface area contributed by atoms with Crippen LogP contribution in [0.15, 0.2) is 60.8 Å². The largest absolute Gasteiger partial charge is 0.375 e. The van der Waals surface area contributed by atoms with Crippen LogP contribution in [-0.2, 0) is 9.53 Å². The number of benzene rings is 2. The minimum absolute atomic E-state index is 0.00740. The lowest BCUT2D eigenvalue weighted by molar-refractivity contribution is -0.119. The van der Waals surface area contributed by atoms with Gasteiger partial charge >= 0.3 is 0 Å². The number of hydrogen-bond acceptors (Lipinski definition) is 4. The normalized spacial score (nSPS) is 10.4. The van der Waals surface area contributed by atoms with E-state index in [-0.39, 0.29) is 18.4 Å². The summed E-state index contributed by atoms with van der Waals surface area (Å²) in [4.78, 5) is 23.9. The van der Waals surface area contributed by atoms with Gasteiger partial charge in [0, 0.05) is 35.9 Å². The van der Waals surface area contributed by atoms with E-state index in [4.69, 9.17) is 4.74 Å². The molecule has 0 spiro atoms. The third kappa shape index (κ3) is 4.59. The lowest BCUT2D eigenvalue weighted by Gasteiger charge is -2.09. The van der Waals surface area contributed by atoms with E-state index in [1.54, 1.807) is 47.3 Å². The zero-order valence-corrected chi connectivity index (χ0v) is 15.1. The van der Waals surface area contributed by atoms with E-state index in [0.717, 1.165) is 11.4 Å². The zero-order chi connectivity index (χ0) is 19.2. The highest BCUT2D eigenvalue weighted by molar-refractivity contribution is 6.04. The van der Waals surface area contributed by atoms with E-state index in [2.05, 4.69) is 15.7 Å². The molecular weight excluding hydrogens is 344 g/mol. The third-order valence-electron chi connectivity index (χ3n) is 3.91. The van der Waals surface area contributed by atoms with Gasteiger partial charge in [0.1, 0.15) is 6.61 Å². The number of anilines is 2. The Morgan fingerprint density at radius 3 is 2.15 bits per heavy atom. The van der Waals surface area contributed by atoms with Crippen molar-refractivity contribution in [3.05, 3.63) is 72.1 Å². The highest BCUT2D eigenvalue weighted by Crippen LogP contribution is 2.16. The molecule has 0 fully saturated rings. The zero-order valence-electron chi connectivity index (χ0n) is 15.1. The molecule has 0 saturated carbocycles. The fourth-order valence-corrected chi connectivity index (χ4v) is 2.56. The Morgan fingerprint density at radius 2 is 1.59 bits per heavy atom. The first-order valence-electron chi connectivity index (χ1n) is 8.38. The van der Waals surface area contributed by atoms with Gasteiger partial charge in [-0.1, -0.05) is 0 Å². The number of carbonyl (C=O) groups excluding carboxylic acids is 2. The Hall–Kier alpha value is -3.45. The van der Waals surface area contributed by atoms with E-state index in [1.165, 1.54) is 7.11 Å². The summed E-state index contributed by atoms with van der Waals surface area (Å²) in [6, 6.07) is 16.0. The number of hydrogen-bond donors (Lipinski definition) is 2. The number of ether oxygens (including phenoxy) is 1. The van der Waals surface area contributed by atoms with Crippen LogP contribution in [0.5, 0.6) is 0 Å². The lowest BCUT2D eigenvalue weighted by Crippen LogP contribution is -2.17. The average molecular weight is 364 g/mol. The third-order valence-corrected chi connectivity index (χ3v) is 3.91. The van der Waals surface area contributed by atoms with Crippen LogP contribution in [0, 0.1) is 6.92 Å². The molecule has 3 aromatic rings. The van der Waals surface area contributed by atoms with Gasteiger partial charge in [0.05, 0.1) is 5.69 Å². The molecule has 138 valence electrons. The van der Waals surface area contributed by atoms with Crippen molar-refractivity contribution < 1.29 is 14.3 Å². The molecule has 2 N–H and O–H groups in total. The first-order chi connectivity index (χ1) is 13.1. The number of aromatic nitrogens is 2. The van der Waals surface area contributed by atoms with Crippen LogP contribution < -0.4 is 10.6 Å². The minimum atomic E-state index is -0.234.